The molecule has 0 atom stereocenters. The molecule has 1 rings (SSSR count). The van der Waals surface area contributed by atoms with E-state index >= 15 is 0 Å². The average molecular weight is 273 g/mol. The number of nitrogens with one attached hydrogen (secondary N) is 1. The molecule has 84 valence electrons. The molecule has 0 fully saturated rings. The fourth-order valence-corrected chi connectivity index (χ4v) is 1.96. The predicted octanol–water partition coefficient (Wildman–Crippen LogP) is -2.71. The van der Waals surface area contributed by atoms with Gasteiger partial charge in [-0.2, -0.15) is 4.33 Å². The third-order valence-corrected chi connectivity index (χ3v) is 2.58. The van der Waals surface area contributed by atoms with Gasteiger partial charge in [-0.05, 0) is 12.1 Å². The van der Waals surface area contributed by atoms with Crippen molar-refractivity contribution >= 4 is 27.8 Å². The Labute approximate surface area is 120 Å². The minimum absolute atomic E-state index is 0. The van der Waals surface area contributed by atoms with Gasteiger partial charge in [-0.3, -0.25) is 9.76 Å². The third-order valence-electron chi connectivity index (χ3n) is 1.33. The van der Waals surface area contributed by atoms with E-state index in [9.17, 15) is 13.7 Å². The van der Waals surface area contributed by atoms with E-state index in [1.54, 1.807) is 18.2 Å². The second-order valence-corrected chi connectivity index (χ2v) is 5.08. The molecule has 0 saturated carbocycles. The maximum absolute atomic E-state index is 11.0. The summed E-state index contributed by atoms with van der Waals surface area (Å²) in [6.45, 7) is 0. The molecule has 0 aliphatic heterocycles. The van der Waals surface area contributed by atoms with Gasteiger partial charge in [0.15, 0.2) is 0 Å². The normalized spacial score (nSPS) is 10.6. The van der Waals surface area contributed by atoms with Gasteiger partial charge < -0.3 is 5.26 Å². The second kappa shape index (κ2) is 7.51. The van der Waals surface area contributed by atoms with Crippen molar-refractivity contribution in [3.63, 3.8) is 0 Å². The van der Waals surface area contributed by atoms with Crippen molar-refractivity contribution in [2.24, 2.45) is 0 Å². The van der Waals surface area contributed by atoms with Crippen LogP contribution in [0.2, 0.25) is 0 Å². The van der Waals surface area contributed by atoms with E-state index in [1.807, 2.05) is 0 Å². The molecule has 0 radical (unpaired) electrons. The molecular formula is C7H8NNaO5S2. The molecule has 9 heteroatoms. The van der Waals surface area contributed by atoms with Crippen molar-refractivity contribution in [3.05, 3.63) is 24.3 Å². The van der Waals surface area contributed by atoms with E-state index in [0.717, 1.165) is 6.26 Å². The molecule has 0 aliphatic carbocycles. The third kappa shape index (κ3) is 6.06. The largest absolute Gasteiger partial charge is 1.00 e. The van der Waals surface area contributed by atoms with E-state index in [-0.39, 0.29) is 29.6 Å². The van der Waals surface area contributed by atoms with E-state index in [1.165, 1.54) is 6.07 Å². The molecule has 1 aromatic rings. The van der Waals surface area contributed by atoms with Crippen LogP contribution in [-0.2, 0) is 19.4 Å². The van der Waals surface area contributed by atoms with Gasteiger partial charge in [0.1, 0.15) is 0 Å². The SMILES string of the molecule is CS(=O)(=O)Nc1ccccc1SOO[O-].[Na+]. The number of para-hydroxylation sites is 1. The summed E-state index contributed by atoms with van der Waals surface area (Å²) in [5.41, 5.74) is 0.321. The van der Waals surface area contributed by atoms with Crippen molar-refractivity contribution in [2.75, 3.05) is 11.0 Å². The topological polar surface area (TPSA) is 87.7 Å². The Morgan fingerprint density at radius 3 is 2.56 bits per heavy atom. The fraction of sp³-hybridized carbons (Fsp3) is 0.143. The zero-order chi connectivity index (χ0) is 11.3. The van der Waals surface area contributed by atoms with Gasteiger partial charge in [0.25, 0.3) is 0 Å². The van der Waals surface area contributed by atoms with Crippen LogP contribution in [-0.4, -0.2) is 14.7 Å². The van der Waals surface area contributed by atoms with Crippen LogP contribution in [0.15, 0.2) is 29.2 Å². The van der Waals surface area contributed by atoms with Gasteiger partial charge in [0.05, 0.1) is 28.9 Å². The molecule has 0 heterocycles. The first kappa shape index (κ1) is 16.2. The van der Waals surface area contributed by atoms with Crippen LogP contribution in [0.3, 0.4) is 0 Å². The molecule has 0 unspecified atom stereocenters. The Kier molecular flexibility index (Phi) is 7.61. The maximum atomic E-state index is 11.0. The zero-order valence-corrected chi connectivity index (χ0v) is 12.3. The summed E-state index contributed by atoms with van der Waals surface area (Å²) in [5, 5.41) is 12.8. The summed E-state index contributed by atoms with van der Waals surface area (Å²) in [6.07, 6.45) is 1.03. The zero-order valence-electron chi connectivity index (χ0n) is 8.67. The van der Waals surface area contributed by atoms with Gasteiger partial charge >= 0.3 is 29.6 Å². The molecule has 0 saturated heterocycles. The van der Waals surface area contributed by atoms with Crippen molar-refractivity contribution in [1.82, 2.24) is 0 Å². The molecule has 0 amide bonds. The van der Waals surface area contributed by atoms with Crippen LogP contribution in [0.25, 0.3) is 0 Å². The quantitative estimate of drug-likeness (QED) is 0.272. The summed E-state index contributed by atoms with van der Waals surface area (Å²) in [6, 6.07) is 6.44. The Morgan fingerprint density at radius 1 is 1.38 bits per heavy atom. The summed E-state index contributed by atoms with van der Waals surface area (Å²) >= 11 is 0.626. The summed E-state index contributed by atoms with van der Waals surface area (Å²) in [4.78, 5) is 0.429. The van der Waals surface area contributed by atoms with Crippen LogP contribution in [0.4, 0.5) is 5.69 Å². The van der Waals surface area contributed by atoms with Crippen LogP contribution >= 0.6 is 12.0 Å². The van der Waals surface area contributed by atoms with Crippen molar-refractivity contribution in [1.29, 1.82) is 0 Å². The number of anilines is 1. The van der Waals surface area contributed by atoms with Gasteiger partial charge in [0, 0.05) is 0 Å². The molecule has 0 aromatic heterocycles. The van der Waals surface area contributed by atoms with Crippen LogP contribution in [0, 0.1) is 0 Å². The molecule has 0 spiro atoms. The van der Waals surface area contributed by atoms with E-state index in [0.29, 0.717) is 22.6 Å². The van der Waals surface area contributed by atoms with Crippen LogP contribution in [0.1, 0.15) is 0 Å². The van der Waals surface area contributed by atoms with Gasteiger partial charge in [-0.15, -0.1) is 0 Å². The molecule has 0 bridgehead atoms. The Hall–Kier alpha value is 0.200. The molecule has 1 aromatic carbocycles. The fourth-order valence-electron chi connectivity index (χ4n) is 0.874. The monoisotopic (exact) mass is 273 g/mol. The first-order valence-electron chi connectivity index (χ1n) is 3.73. The van der Waals surface area contributed by atoms with Crippen molar-refractivity contribution in [3.8, 4) is 0 Å². The minimum Gasteiger partial charge on any atom is -0.691 e. The number of benzene rings is 1. The van der Waals surface area contributed by atoms with Gasteiger partial charge in [-0.25, -0.2) is 8.42 Å². The second-order valence-electron chi connectivity index (χ2n) is 2.59. The summed E-state index contributed by atoms with van der Waals surface area (Å²) in [5.74, 6) is 0. The predicted molar refractivity (Wildman–Crippen MR) is 52.9 cm³/mol. The maximum Gasteiger partial charge on any atom is 1.00 e. The van der Waals surface area contributed by atoms with Gasteiger partial charge in [-0.1, -0.05) is 12.1 Å². The Balaban J connectivity index is 0.00000225. The molecule has 0 aliphatic rings. The molecule has 1 N–H and O–H groups in total. The molecular weight excluding hydrogens is 265 g/mol. The Bertz CT molecular complexity index is 425. The summed E-state index contributed by atoms with van der Waals surface area (Å²) < 4.78 is 28.3. The smallest absolute Gasteiger partial charge is 0.691 e. The number of hydrogen-bond acceptors (Lipinski definition) is 6. The van der Waals surface area contributed by atoms with E-state index in [4.69, 9.17) is 0 Å². The van der Waals surface area contributed by atoms with Crippen LogP contribution < -0.4 is 39.5 Å². The van der Waals surface area contributed by atoms with Crippen molar-refractivity contribution in [2.45, 2.75) is 4.90 Å². The number of hydrogen-bond donors (Lipinski definition) is 1. The van der Waals surface area contributed by atoms with E-state index < -0.39 is 10.0 Å². The average Bonchev–Trinajstić information content (AvgIpc) is 2.14. The first-order valence-corrected chi connectivity index (χ1v) is 6.36. The number of sulfonamides is 1. The first-order chi connectivity index (χ1) is 7.03. The Morgan fingerprint density at radius 2 is 2.00 bits per heavy atom. The number of rotatable bonds is 5. The summed E-state index contributed by atoms with van der Waals surface area (Å²) in [7, 11) is -3.36. The minimum atomic E-state index is -3.36. The van der Waals surface area contributed by atoms with Gasteiger partial charge in [0.2, 0.25) is 10.0 Å². The van der Waals surface area contributed by atoms with E-state index in [2.05, 4.69) is 14.1 Å². The molecule has 16 heavy (non-hydrogen) atoms. The van der Waals surface area contributed by atoms with Crippen LogP contribution in [0.5, 0.6) is 0 Å². The molecule has 6 nitrogen and oxygen atoms in total. The van der Waals surface area contributed by atoms with Crippen molar-refractivity contribution < 1.29 is 52.6 Å². The standard InChI is InChI=1S/C7H9NO5S2.Na/c1-15(10,11)8-6-4-2-3-5-7(6)14-13-12-9;/h2-5,8-9H,1H3;/q;+1/p-1.